The van der Waals surface area contributed by atoms with Gasteiger partial charge in [-0.15, -0.1) is 6.58 Å². The fourth-order valence-electron chi connectivity index (χ4n) is 0.801. The second-order valence-corrected chi connectivity index (χ2v) is 2.75. The predicted octanol–water partition coefficient (Wildman–Crippen LogP) is 1.99. The lowest BCUT2D eigenvalue weighted by Gasteiger charge is -2.00. The van der Waals surface area contributed by atoms with Crippen LogP contribution in [0.25, 0.3) is 0 Å². The van der Waals surface area contributed by atoms with E-state index in [1.165, 1.54) is 12.8 Å². The first-order chi connectivity index (χ1) is 4.33. The van der Waals surface area contributed by atoms with Crippen molar-refractivity contribution in [1.82, 2.24) is 0 Å². The summed E-state index contributed by atoms with van der Waals surface area (Å²) in [6.07, 6.45) is 5.04. The van der Waals surface area contributed by atoms with Gasteiger partial charge >= 0.3 is 0 Å². The van der Waals surface area contributed by atoms with Gasteiger partial charge in [0.1, 0.15) is 0 Å². The van der Waals surface area contributed by atoms with E-state index in [0.717, 1.165) is 6.61 Å². The van der Waals surface area contributed by atoms with Gasteiger partial charge in [0.2, 0.25) is 0 Å². The summed E-state index contributed by atoms with van der Waals surface area (Å²) >= 11 is 0. The van der Waals surface area contributed by atoms with Crippen LogP contribution in [0.1, 0.15) is 19.8 Å². The fraction of sp³-hybridized carbons (Fsp3) is 0.750. The third-order valence-electron chi connectivity index (χ3n) is 1.75. The maximum atomic E-state index is 5.07. The molecule has 1 aliphatic rings. The van der Waals surface area contributed by atoms with Gasteiger partial charge in [-0.1, -0.05) is 13.0 Å². The third kappa shape index (κ3) is 2.66. The molecule has 0 N–H and O–H groups in total. The summed E-state index contributed by atoms with van der Waals surface area (Å²) in [5.74, 6) is 0.661. The van der Waals surface area contributed by atoms with Crippen LogP contribution in [0.3, 0.4) is 0 Å². The van der Waals surface area contributed by atoms with Crippen LogP contribution in [0.15, 0.2) is 12.7 Å². The second-order valence-electron chi connectivity index (χ2n) is 2.75. The Hall–Kier alpha value is -0.300. The average molecular weight is 126 g/mol. The van der Waals surface area contributed by atoms with Crippen molar-refractivity contribution in [3.05, 3.63) is 12.7 Å². The molecular weight excluding hydrogens is 112 g/mol. The van der Waals surface area contributed by atoms with Crippen LogP contribution < -0.4 is 0 Å². The van der Waals surface area contributed by atoms with Crippen LogP contribution in [0.4, 0.5) is 0 Å². The van der Waals surface area contributed by atoms with Gasteiger partial charge in [-0.3, -0.25) is 0 Å². The van der Waals surface area contributed by atoms with Gasteiger partial charge in [-0.2, -0.15) is 0 Å². The van der Waals surface area contributed by atoms with E-state index in [2.05, 4.69) is 13.5 Å². The molecule has 0 aromatic carbocycles. The maximum Gasteiger partial charge on any atom is 0.0810 e. The highest BCUT2D eigenvalue weighted by molar-refractivity contribution is 4.78. The molecule has 1 saturated heterocycles. The number of rotatable bonds is 4. The molecule has 0 amide bonds. The summed E-state index contributed by atoms with van der Waals surface area (Å²) in [6.45, 7) is 6.90. The lowest BCUT2D eigenvalue weighted by molar-refractivity contribution is 0.383. The Balaban J connectivity index is 1.95. The second kappa shape index (κ2) is 3.02. The lowest BCUT2D eigenvalue weighted by atomic mass is 10.1. The highest BCUT2D eigenvalue weighted by Gasteiger charge is 2.21. The summed E-state index contributed by atoms with van der Waals surface area (Å²) in [5.41, 5.74) is 0. The molecule has 1 heterocycles. The molecule has 0 aliphatic carbocycles. The molecule has 1 fully saturated rings. The molecule has 0 saturated carbocycles. The molecule has 0 spiro atoms. The first-order valence-electron chi connectivity index (χ1n) is 3.57. The van der Waals surface area contributed by atoms with Crippen molar-refractivity contribution in [3.63, 3.8) is 0 Å². The van der Waals surface area contributed by atoms with E-state index in [0.29, 0.717) is 12.0 Å². The van der Waals surface area contributed by atoms with Crippen LogP contribution in [0, 0.1) is 5.92 Å². The SMILES string of the molecule is C=CC(C)CCC1CO1. The topological polar surface area (TPSA) is 12.5 Å². The predicted molar refractivity (Wildman–Crippen MR) is 38.3 cm³/mol. The summed E-state index contributed by atoms with van der Waals surface area (Å²) in [5, 5.41) is 0. The minimum Gasteiger partial charge on any atom is -0.373 e. The number of allylic oxidation sites excluding steroid dienone is 1. The summed E-state index contributed by atoms with van der Waals surface area (Å²) in [7, 11) is 0. The first kappa shape index (κ1) is 6.81. The van der Waals surface area contributed by atoms with E-state index in [-0.39, 0.29) is 0 Å². The van der Waals surface area contributed by atoms with E-state index in [9.17, 15) is 0 Å². The van der Waals surface area contributed by atoms with Gasteiger partial charge in [-0.25, -0.2) is 0 Å². The lowest BCUT2D eigenvalue weighted by Crippen LogP contribution is -1.92. The smallest absolute Gasteiger partial charge is 0.0810 e. The van der Waals surface area contributed by atoms with Crippen LogP contribution in [0.5, 0.6) is 0 Å². The summed E-state index contributed by atoms with van der Waals surface area (Å²) < 4.78 is 5.07. The van der Waals surface area contributed by atoms with E-state index in [1.54, 1.807) is 0 Å². The van der Waals surface area contributed by atoms with Crippen LogP contribution in [0.2, 0.25) is 0 Å². The number of epoxide rings is 1. The quantitative estimate of drug-likeness (QED) is 0.414. The van der Waals surface area contributed by atoms with Gasteiger partial charge in [0.05, 0.1) is 12.7 Å². The molecule has 9 heavy (non-hydrogen) atoms. The maximum absolute atomic E-state index is 5.07. The van der Waals surface area contributed by atoms with Crippen molar-refractivity contribution in [1.29, 1.82) is 0 Å². The molecule has 2 unspecified atom stereocenters. The van der Waals surface area contributed by atoms with E-state index in [1.807, 2.05) is 6.08 Å². The molecule has 0 aromatic heterocycles. The van der Waals surface area contributed by atoms with Crippen LogP contribution in [-0.2, 0) is 4.74 Å². The Morgan fingerprint density at radius 1 is 1.89 bits per heavy atom. The Morgan fingerprint density at radius 2 is 2.56 bits per heavy atom. The van der Waals surface area contributed by atoms with Crippen molar-refractivity contribution < 1.29 is 4.74 Å². The Bertz CT molecular complexity index is 94.7. The van der Waals surface area contributed by atoms with Crippen molar-refractivity contribution in [2.75, 3.05) is 6.61 Å². The Labute approximate surface area is 56.7 Å². The van der Waals surface area contributed by atoms with Crippen molar-refractivity contribution >= 4 is 0 Å². The average Bonchev–Trinajstić information content (AvgIpc) is 2.65. The van der Waals surface area contributed by atoms with Gasteiger partial charge < -0.3 is 4.74 Å². The molecule has 52 valence electrons. The minimum atomic E-state index is 0.590. The highest BCUT2D eigenvalue weighted by atomic mass is 16.6. The van der Waals surface area contributed by atoms with E-state index < -0.39 is 0 Å². The highest BCUT2D eigenvalue weighted by Crippen LogP contribution is 2.18. The minimum absolute atomic E-state index is 0.590. The largest absolute Gasteiger partial charge is 0.373 e. The number of hydrogen-bond acceptors (Lipinski definition) is 1. The number of hydrogen-bond donors (Lipinski definition) is 0. The first-order valence-corrected chi connectivity index (χ1v) is 3.57. The zero-order valence-corrected chi connectivity index (χ0v) is 5.97. The summed E-state index contributed by atoms with van der Waals surface area (Å²) in [6, 6.07) is 0. The van der Waals surface area contributed by atoms with E-state index in [4.69, 9.17) is 4.74 Å². The molecule has 0 bridgehead atoms. The molecule has 1 rings (SSSR count). The number of ether oxygens (including phenoxy) is 1. The monoisotopic (exact) mass is 126 g/mol. The Morgan fingerprint density at radius 3 is 3.00 bits per heavy atom. The van der Waals surface area contributed by atoms with Gasteiger partial charge in [0.25, 0.3) is 0 Å². The molecule has 0 aromatic rings. The normalized spacial score (nSPS) is 27.4. The molecule has 1 aliphatic heterocycles. The van der Waals surface area contributed by atoms with Crippen molar-refractivity contribution in [3.8, 4) is 0 Å². The molecular formula is C8H14O. The van der Waals surface area contributed by atoms with Gasteiger partial charge in [-0.05, 0) is 18.8 Å². The zero-order valence-electron chi connectivity index (χ0n) is 5.97. The standard InChI is InChI=1S/C8H14O/c1-3-7(2)4-5-8-6-9-8/h3,7-8H,1,4-6H2,2H3. The fourth-order valence-corrected chi connectivity index (χ4v) is 0.801. The zero-order chi connectivity index (χ0) is 6.69. The van der Waals surface area contributed by atoms with Crippen LogP contribution in [-0.4, -0.2) is 12.7 Å². The van der Waals surface area contributed by atoms with Crippen molar-refractivity contribution in [2.24, 2.45) is 5.92 Å². The van der Waals surface area contributed by atoms with E-state index >= 15 is 0 Å². The Kier molecular flexibility index (Phi) is 2.29. The molecule has 0 radical (unpaired) electrons. The molecule has 1 nitrogen and oxygen atoms in total. The van der Waals surface area contributed by atoms with Crippen LogP contribution >= 0.6 is 0 Å². The summed E-state index contributed by atoms with van der Waals surface area (Å²) in [4.78, 5) is 0. The van der Waals surface area contributed by atoms with Gasteiger partial charge in [0.15, 0.2) is 0 Å². The molecule has 2 atom stereocenters. The molecule has 1 heteroatoms. The van der Waals surface area contributed by atoms with Crippen molar-refractivity contribution in [2.45, 2.75) is 25.9 Å². The van der Waals surface area contributed by atoms with Gasteiger partial charge in [0, 0.05) is 0 Å². The third-order valence-corrected chi connectivity index (χ3v) is 1.75.